The maximum Gasteiger partial charge on any atom is 0.195 e. The number of unbranched alkanes of at least 4 members (excludes halogenated alkanes) is 1. The van der Waals surface area contributed by atoms with Crippen LogP contribution in [0, 0.1) is 0 Å². The molecule has 0 aliphatic heterocycles. The van der Waals surface area contributed by atoms with Crippen LogP contribution in [0.5, 0.6) is 11.5 Å². The maximum absolute atomic E-state index is 9.35. The van der Waals surface area contributed by atoms with Crippen LogP contribution < -0.4 is 0 Å². The Kier molecular flexibility index (Phi) is 7.06. The smallest absolute Gasteiger partial charge is 0.195 e. The van der Waals surface area contributed by atoms with Gasteiger partial charge in [-0.3, -0.25) is 4.79 Å². The van der Waals surface area contributed by atoms with Gasteiger partial charge < -0.3 is 10.2 Å². The molecule has 3 heteroatoms. The van der Waals surface area contributed by atoms with Crippen LogP contribution in [0.1, 0.15) is 32.3 Å². The Morgan fingerprint density at radius 1 is 1.33 bits per heavy atom. The molecule has 1 aromatic rings. The monoisotopic (exact) mass is 209 g/mol. The van der Waals surface area contributed by atoms with Gasteiger partial charge in [0.25, 0.3) is 0 Å². The quantitative estimate of drug-likeness (QED) is 0.752. The minimum Gasteiger partial charge on any atom is -0.508 e. The molecular formula is C12H17O3. The molecule has 0 spiro atoms. The van der Waals surface area contributed by atoms with Crippen LogP contribution in [-0.4, -0.2) is 16.5 Å². The zero-order chi connectivity index (χ0) is 11.7. The molecule has 3 nitrogen and oxygen atoms in total. The summed E-state index contributed by atoms with van der Waals surface area (Å²) < 4.78 is 0. The van der Waals surface area contributed by atoms with Gasteiger partial charge in [-0.25, -0.2) is 0 Å². The van der Waals surface area contributed by atoms with E-state index in [1.807, 2.05) is 0 Å². The van der Waals surface area contributed by atoms with Gasteiger partial charge in [0.15, 0.2) is 6.29 Å². The van der Waals surface area contributed by atoms with Crippen molar-refractivity contribution in [2.75, 3.05) is 0 Å². The fraction of sp³-hybridized carbons (Fsp3) is 0.417. The molecule has 1 rings (SSSR count). The summed E-state index contributed by atoms with van der Waals surface area (Å²) in [5.41, 5.74) is 0.830. The predicted octanol–water partition coefficient (Wildman–Crippen LogP) is 2.56. The second-order valence-corrected chi connectivity index (χ2v) is 3.12. The number of hydrogen-bond donors (Lipinski definition) is 2. The third-order valence-electron chi connectivity index (χ3n) is 1.86. The Morgan fingerprint density at radius 3 is 2.47 bits per heavy atom. The van der Waals surface area contributed by atoms with Gasteiger partial charge in [-0.05, 0) is 36.6 Å². The molecule has 0 saturated heterocycles. The molecule has 0 amide bonds. The zero-order valence-corrected chi connectivity index (χ0v) is 9.16. The van der Waals surface area contributed by atoms with Gasteiger partial charge in [0.2, 0.25) is 0 Å². The number of aryl methyl sites for hydroxylation is 1. The topological polar surface area (TPSA) is 57.5 Å². The van der Waals surface area contributed by atoms with Crippen molar-refractivity contribution in [2.24, 2.45) is 0 Å². The van der Waals surface area contributed by atoms with Crippen LogP contribution in [0.4, 0.5) is 0 Å². The Hall–Kier alpha value is -1.51. The Labute approximate surface area is 90.4 Å². The normalized spacial score (nSPS) is 8.93. The lowest BCUT2D eigenvalue weighted by Gasteiger charge is -2.03. The van der Waals surface area contributed by atoms with Crippen LogP contribution >= 0.6 is 0 Å². The molecule has 0 aromatic heterocycles. The van der Waals surface area contributed by atoms with Gasteiger partial charge >= 0.3 is 0 Å². The minimum absolute atomic E-state index is 0.221. The molecule has 15 heavy (non-hydrogen) atoms. The summed E-state index contributed by atoms with van der Waals surface area (Å²) in [5, 5.41) is 18.5. The van der Waals surface area contributed by atoms with Gasteiger partial charge in [-0.1, -0.05) is 13.3 Å². The average molecular weight is 209 g/mol. The highest BCUT2D eigenvalue weighted by Crippen LogP contribution is 2.23. The first-order chi connectivity index (χ1) is 7.15. The van der Waals surface area contributed by atoms with Gasteiger partial charge in [0.05, 0.1) is 0 Å². The number of rotatable bonds is 3. The lowest BCUT2D eigenvalue weighted by molar-refractivity contribution is 0.453. The van der Waals surface area contributed by atoms with E-state index < -0.39 is 0 Å². The SMILES string of the molecule is CCCCc1cc(O)ccc1O.C[C]=O. The molecule has 0 aliphatic rings. The van der Waals surface area contributed by atoms with E-state index in [4.69, 9.17) is 9.90 Å². The zero-order valence-electron chi connectivity index (χ0n) is 9.16. The van der Waals surface area contributed by atoms with Gasteiger partial charge in [0.1, 0.15) is 11.5 Å². The molecule has 83 valence electrons. The molecule has 0 saturated carbocycles. The van der Waals surface area contributed by atoms with Crippen LogP contribution in [0.25, 0.3) is 0 Å². The van der Waals surface area contributed by atoms with Crippen molar-refractivity contribution >= 4 is 6.29 Å². The van der Waals surface area contributed by atoms with E-state index in [-0.39, 0.29) is 11.5 Å². The summed E-state index contributed by atoms with van der Waals surface area (Å²) in [6.45, 7) is 3.42. The Morgan fingerprint density at radius 2 is 1.93 bits per heavy atom. The number of carbonyl (C=O) groups excluding carboxylic acids is 1. The third kappa shape index (κ3) is 5.73. The van der Waals surface area contributed by atoms with Crippen molar-refractivity contribution in [3.05, 3.63) is 23.8 Å². The third-order valence-corrected chi connectivity index (χ3v) is 1.86. The first-order valence-corrected chi connectivity index (χ1v) is 4.95. The van der Waals surface area contributed by atoms with Crippen LogP contribution in [0.2, 0.25) is 0 Å². The molecule has 2 N–H and O–H groups in total. The highest BCUT2D eigenvalue weighted by molar-refractivity contribution is 5.45. The van der Waals surface area contributed by atoms with Crippen LogP contribution in [-0.2, 0) is 11.2 Å². The van der Waals surface area contributed by atoms with Crippen molar-refractivity contribution in [3.63, 3.8) is 0 Å². The highest BCUT2D eigenvalue weighted by atomic mass is 16.3. The Balaban J connectivity index is 0.000000583. The molecule has 0 heterocycles. The number of hydrogen-bond acceptors (Lipinski definition) is 3. The van der Waals surface area contributed by atoms with E-state index in [1.165, 1.54) is 25.3 Å². The minimum atomic E-state index is 0.221. The highest BCUT2D eigenvalue weighted by Gasteiger charge is 2.00. The largest absolute Gasteiger partial charge is 0.508 e. The fourth-order valence-electron chi connectivity index (χ4n) is 1.14. The van der Waals surface area contributed by atoms with E-state index >= 15 is 0 Å². The van der Waals surface area contributed by atoms with Crippen molar-refractivity contribution in [2.45, 2.75) is 33.1 Å². The van der Waals surface area contributed by atoms with Gasteiger partial charge in [-0.15, -0.1) is 0 Å². The van der Waals surface area contributed by atoms with Gasteiger partial charge in [-0.2, -0.15) is 0 Å². The second kappa shape index (κ2) is 7.85. The Bertz CT molecular complexity index is 295. The first-order valence-electron chi connectivity index (χ1n) is 4.95. The maximum atomic E-state index is 9.35. The van der Waals surface area contributed by atoms with Crippen LogP contribution in [0.3, 0.4) is 0 Å². The molecule has 1 aromatic carbocycles. The molecule has 0 fully saturated rings. The average Bonchev–Trinajstić information content (AvgIpc) is 2.21. The van der Waals surface area contributed by atoms with Crippen molar-refractivity contribution in [3.8, 4) is 11.5 Å². The molecule has 0 atom stereocenters. The van der Waals surface area contributed by atoms with E-state index in [1.54, 1.807) is 6.07 Å². The first kappa shape index (κ1) is 13.5. The number of phenolic OH excluding ortho intramolecular Hbond substituents is 2. The summed E-state index contributed by atoms with van der Waals surface area (Å²) in [5.74, 6) is 0.500. The molecular weight excluding hydrogens is 192 g/mol. The van der Waals surface area contributed by atoms with E-state index in [0.29, 0.717) is 0 Å². The predicted molar refractivity (Wildman–Crippen MR) is 59.8 cm³/mol. The van der Waals surface area contributed by atoms with Crippen molar-refractivity contribution in [1.82, 2.24) is 0 Å². The second-order valence-electron chi connectivity index (χ2n) is 3.12. The lowest BCUT2D eigenvalue weighted by Crippen LogP contribution is -1.84. The van der Waals surface area contributed by atoms with Crippen LogP contribution in [0.15, 0.2) is 18.2 Å². The fourth-order valence-corrected chi connectivity index (χ4v) is 1.14. The summed E-state index contributed by atoms with van der Waals surface area (Å²) in [7, 11) is 0. The van der Waals surface area contributed by atoms with Gasteiger partial charge in [0, 0.05) is 6.92 Å². The molecule has 1 radical (unpaired) electrons. The lowest BCUT2D eigenvalue weighted by atomic mass is 10.1. The summed E-state index contributed by atoms with van der Waals surface area (Å²) in [4.78, 5) is 8.68. The van der Waals surface area contributed by atoms with E-state index in [9.17, 15) is 5.11 Å². The standard InChI is InChI=1S/C10H14O2.C2H3O/c1-2-3-4-8-7-9(11)5-6-10(8)12;1-2-3/h5-7,11-12H,2-4H2,1H3;1H3. The molecule has 0 unspecified atom stereocenters. The summed E-state index contributed by atoms with van der Waals surface area (Å²) in [6, 6.07) is 4.64. The number of aromatic hydroxyl groups is 2. The van der Waals surface area contributed by atoms with Crippen molar-refractivity contribution < 1.29 is 15.0 Å². The molecule has 0 bridgehead atoms. The summed E-state index contributed by atoms with van der Waals surface area (Å²) in [6.07, 6.45) is 4.46. The number of phenols is 2. The number of benzene rings is 1. The van der Waals surface area contributed by atoms with Crippen molar-refractivity contribution in [1.29, 1.82) is 0 Å². The van der Waals surface area contributed by atoms with E-state index in [2.05, 4.69) is 6.92 Å². The van der Waals surface area contributed by atoms with E-state index in [0.717, 1.165) is 24.8 Å². The summed E-state index contributed by atoms with van der Waals surface area (Å²) >= 11 is 0. The molecule has 0 aliphatic carbocycles.